The zero-order valence-corrected chi connectivity index (χ0v) is 14.9. The number of halogens is 1. The van der Waals surface area contributed by atoms with E-state index in [1.807, 2.05) is 0 Å². The minimum absolute atomic E-state index is 0.458. The molecule has 1 saturated carbocycles. The molecule has 112 valence electrons. The highest BCUT2D eigenvalue weighted by atomic mass is 79.9. The van der Waals surface area contributed by atoms with Gasteiger partial charge in [0.25, 0.3) is 0 Å². The lowest BCUT2D eigenvalue weighted by Gasteiger charge is -2.29. The first-order valence-electron chi connectivity index (χ1n) is 7.89. The number of hydrogen-bond acceptors (Lipinski definition) is 1. The molecule has 0 spiro atoms. The lowest BCUT2D eigenvalue weighted by molar-refractivity contribution is 0.214. The van der Waals surface area contributed by atoms with Gasteiger partial charge in [-0.2, -0.15) is 0 Å². The molecule has 0 saturated heterocycles. The van der Waals surface area contributed by atoms with Gasteiger partial charge >= 0.3 is 0 Å². The van der Waals surface area contributed by atoms with E-state index < -0.39 is 0 Å². The molecule has 0 amide bonds. The van der Waals surface area contributed by atoms with E-state index in [9.17, 15) is 0 Å². The van der Waals surface area contributed by atoms with Gasteiger partial charge in [0.05, 0.1) is 0 Å². The van der Waals surface area contributed by atoms with E-state index in [0.29, 0.717) is 11.5 Å². The normalized spacial score (nSPS) is 24.2. The molecular formula is C18H28BrN. The number of rotatable bonds is 2. The van der Waals surface area contributed by atoms with E-state index in [0.717, 1.165) is 5.92 Å². The summed E-state index contributed by atoms with van der Waals surface area (Å²) in [5, 5.41) is 3.74. The maximum absolute atomic E-state index is 3.74. The van der Waals surface area contributed by atoms with E-state index in [1.54, 1.807) is 0 Å². The van der Waals surface area contributed by atoms with E-state index in [4.69, 9.17) is 0 Å². The van der Waals surface area contributed by atoms with Gasteiger partial charge in [-0.05, 0) is 77.6 Å². The second kappa shape index (κ2) is 6.51. The number of anilines is 1. The van der Waals surface area contributed by atoms with Crippen molar-refractivity contribution in [2.45, 2.75) is 65.8 Å². The second-order valence-electron chi connectivity index (χ2n) is 7.40. The highest BCUT2D eigenvalue weighted by Crippen LogP contribution is 2.37. The monoisotopic (exact) mass is 337 g/mol. The molecule has 2 heteroatoms. The fourth-order valence-electron chi connectivity index (χ4n) is 3.27. The summed E-state index contributed by atoms with van der Waals surface area (Å²) in [4.78, 5) is 0. The molecule has 0 aromatic heterocycles. The van der Waals surface area contributed by atoms with Crippen LogP contribution in [0, 0.1) is 18.3 Å². The van der Waals surface area contributed by atoms with E-state index >= 15 is 0 Å². The van der Waals surface area contributed by atoms with Gasteiger partial charge < -0.3 is 5.32 Å². The first-order valence-corrected chi connectivity index (χ1v) is 8.68. The molecule has 1 fully saturated rings. The molecule has 1 aromatic rings. The molecule has 0 aliphatic heterocycles. The van der Waals surface area contributed by atoms with Crippen molar-refractivity contribution in [1.29, 1.82) is 0 Å². The van der Waals surface area contributed by atoms with Gasteiger partial charge in [-0.1, -0.05) is 33.3 Å². The predicted molar refractivity (Wildman–Crippen MR) is 92.3 cm³/mol. The Bertz CT molecular complexity index is 447. The highest BCUT2D eigenvalue weighted by molar-refractivity contribution is 9.10. The minimum Gasteiger partial charge on any atom is -0.381 e. The first-order chi connectivity index (χ1) is 9.36. The fraction of sp³-hybridized carbons (Fsp3) is 0.667. The molecule has 1 aliphatic rings. The average Bonchev–Trinajstić information content (AvgIpc) is 2.58. The second-order valence-corrected chi connectivity index (χ2v) is 8.25. The van der Waals surface area contributed by atoms with E-state index in [2.05, 4.69) is 67.1 Å². The third kappa shape index (κ3) is 4.25. The molecule has 2 atom stereocenters. The number of nitrogens with one attached hydrogen (secondary N) is 1. The number of hydrogen-bond donors (Lipinski definition) is 1. The quantitative estimate of drug-likeness (QED) is 0.636. The molecule has 2 unspecified atom stereocenters. The Morgan fingerprint density at radius 1 is 1.10 bits per heavy atom. The van der Waals surface area contributed by atoms with Crippen LogP contribution in [0.5, 0.6) is 0 Å². The smallest absolute Gasteiger partial charge is 0.0486 e. The van der Waals surface area contributed by atoms with Crippen LogP contribution in [0.4, 0.5) is 5.69 Å². The number of benzene rings is 1. The van der Waals surface area contributed by atoms with Crippen molar-refractivity contribution >= 4 is 21.6 Å². The van der Waals surface area contributed by atoms with Crippen molar-refractivity contribution in [2.75, 3.05) is 5.32 Å². The Balaban J connectivity index is 1.97. The van der Waals surface area contributed by atoms with Gasteiger partial charge in [0.2, 0.25) is 0 Å². The molecular weight excluding hydrogens is 310 g/mol. The fourth-order valence-corrected chi connectivity index (χ4v) is 3.88. The molecule has 1 N–H and O–H groups in total. The lowest BCUT2D eigenvalue weighted by Crippen LogP contribution is -2.21. The average molecular weight is 338 g/mol. The molecule has 1 aliphatic carbocycles. The van der Waals surface area contributed by atoms with Gasteiger partial charge in [0.1, 0.15) is 0 Å². The first kappa shape index (κ1) is 15.9. The van der Waals surface area contributed by atoms with Crippen molar-refractivity contribution in [2.24, 2.45) is 11.3 Å². The molecule has 1 aromatic carbocycles. The van der Waals surface area contributed by atoms with Crippen molar-refractivity contribution in [1.82, 2.24) is 0 Å². The predicted octanol–water partition coefficient (Wildman–Crippen LogP) is 6.16. The van der Waals surface area contributed by atoms with Gasteiger partial charge in [0, 0.05) is 16.2 Å². The van der Waals surface area contributed by atoms with Crippen LogP contribution in [0.25, 0.3) is 0 Å². The minimum atomic E-state index is 0.458. The summed E-state index contributed by atoms with van der Waals surface area (Å²) < 4.78 is 1.19. The van der Waals surface area contributed by atoms with Gasteiger partial charge in [0.15, 0.2) is 0 Å². The summed E-state index contributed by atoms with van der Waals surface area (Å²) in [5.41, 5.74) is 3.00. The third-order valence-corrected chi connectivity index (χ3v) is 5.33. The summed E-state index contributed by atoms with van der Waals surface area (Å²) in [5.74, 6) is 0.871. The van der Waals surface area contributed by atoms with Crippen LogP contribution in [0.1, 0.15) is 58.4 Å². The summed E-state index contributed by atoms with van der Waals surface area (Å²) in [6.45, 7) is 9.31. The number of aryl methyl sites for hydroxylation is 1. The summed E-state index contributed by atoms with van der Waals surface area (Å²) in [7, 11) is 0. The van der Waals surface area contributed by atoms with Crippen LogP contribution in [-0.2, 0) is 0 Å². The Morgan fingerprint density at radius 3 is 2.50 bits per heavy atom. The maximum atomic E-state index is 3.74. The van der Waals surface area contributed by atoms with E-state index in [-0.39, 0.29) is 0 Å². The summed E-state index contributed by atoms with van der Waals surface area (Å²) >= 11 is 3.67. The van der Waals surface area contributed by atoms with Gasteiger partial charge in [-0.25, -0.2) is 0 Å². The van der Waals surface area contributed by atoms with Crippen molar-refractivity contribution in [3.63, 3.8) is 0 Å². The zero-order chi connectivity index (χ0) is 14.8. The molecule has 2 rings (SSSR count). The maximum Gasteiger partial charge on any atom is 0.0486 e. The van der Waals surface area contributed by atoms with Crippen molar-refractivity contribution < 1.29 is 0 Å². The molecule has 0 heterocycles. The summed E-state index contributed by atoms with van der Waals surface area (Å²) in [6.07, 6.45) is 6.68. The van der Waals surface area contributed by atoms with Crippen LogP contribution in [-0.4, -0.2) is 6.04 Å². The van der Waals surface area contributed by atoms with Crippen LogP contribution < -0.4 is 5.32 Å². The molecule has 20 heavy (non-hydrogen) atoms. The van der Waals surface area contributed by atoms with Crippen LogP contribution in [0.3, 0.4) is 0 Å². The van der Waals surface area contributed by atoms with Crippen LogP contribution >= 0.6 is 15.9 Å². The Labute approximate surface area is 132 Å². The van der Waals surface area contributed by atoms with Crippen molar-refractivity contribution in [3.8, 4) is 0 Å². The summed E-state index contributed by atoms with van der Waals surface area (Å²) in [6, 6.07) is 7.20. The SMILES string of the molecule is Cc1ccc(NC2CCCC(C(C)(C)C)CC2)c(Br)c1. The zero-order valence-electron chi connectivity index (χ0n) is 13.3. The van der Waals surface area contributed by atoms with Crippen LogP contribution in [0.15, 0.2) is 22.7 Å². The molecule has 0 radical (unpaired) electrons. The van der Waals surface area contributed by atoms with Crippen molar-refractivity contribution in [3.05, 3.63) is 28.2 Å². The largest absolute Gasteiger partial charge is 0.381 e. The Kier molecular flexibility index (Phi) is 5.17. The third-order valence-electron chi connectivity index (χ3n) is 4.68. The molecule has 0 bridgehead atoms. The van der Waals surface area contributed by atoms with E-state index in [1.165, 1.54) is 47.8 Å². The van der Waals surface area contributed by atoms with Gasteiger partial charge in [-0.3, -0.25) is 0 Å². The van der Waals surface area contributed by atoms with Crippen LogP contribution in [0.2, 0.25) is 0 Å². The van der Waals surface area contributed by atoms with Gasteiger partial charge in [-0.15, -0.1) is 0 Å². The topological polar surface area (TPSA) is 12.0 Å². The highest BCUT2D eigenvalue weighted by Gasteiger charge is 2.27. The molecule has 1 nitrogen and oxygen atoms in total. The Hall–Kier alpha value is -0.500. The Morgan fingerprint density at radius 2 is 1.85 bits per heavy atom. The standard InChI is InChI=1S/C18H28BrN/c1-13-8-11-17(16(19)12-13)20-15-7-5-6-14(9-10-15)18(2,3)4/h8,11-12,14-15,20H,5-7,9-10H2,1-4H3. The lowest BCUT2D eigenvalue weighted by atomic mass is 9.76.